The molecule has 0 saturated heterocycles. The van der Waals surface area contributed by atoms with Gasteiger partial charge in [-0.15, -0.1) is 16.8 Å². The average molecular weight is 439 g/mol. The van der Waals surface area contributed by atoms with Crippen LogP contribution in [-0.4, -0.2) is 26.4 Å². The van der Waals surface area contributed by atoms with Crippen molar-refractivity contribution >= 4 is 40.9 Å². The Morgan fingerprint density at radius 2 is 2.07 bits per heavy atom. The number of allylic oxidation sites excluding steroid dienone is 1. The highest BCUT2D eigenvalue weighted by Crippen LogP contribution is 2.33. The normalized spacial score (nSPS) is 14.8. The molecule has 1 aliphatic rings. The molecule has 2 aromatic rings. The first-order valence-electron chi connectivity index (χ1n) is 9.46. The van der Waals surface area contributed by atoms with Crippen LogP contribution < -0.4 is 5.32 Å². The fourth-order valence-corrected chi connectivity index (χ4v) is 4.67. The van der Waals surface area contributed by atoms with Crippen molar-refractivity contribution in [1.29, 1.82) is 0 Å². The third-order valence-corrected chi connectivity index (χ3v) is 6.40. The Hall–Kier alpha value is -1.50. The number of carbonyl (C=O) groups is 1. The molecule has 5 nitrogen and oxygen atoms in total. The van der Waals surface area contributed by atoms with Crippen molar-refractivity contribution in [3.63, 3.8) is 0 Å². The number of thioether (sulfide) groups is 1. The van der Waals surface area contributed by atoms with E-state index in [1.54, 1.807) is 12.1 Å². The summed E-state index contributed by atoms with van der Waals surface area (Å²) >= 11 is 13.4. The van der Waals surface area contributed by atoms with Gasteiger partial charge in [-0.05, 0) is 30.5 Å². The Morgan fingerprint density at radius 1 is 1.29 bits per heavy atom. The van der Waals surface area contributed by atoms with Gasteiger partial charge >= 0.3 is 0 Å². The van der Waals surface area contributed by atoms with Crippen LogP contribution in [0.1, 0.15) is 49.4 Å². The summed E-state index contributed by atoms with van der Waals surface area (Å²) in [7, 11) is 0. The summed E-state index contributed by atoms with van der Waals surface area (Å²) in [5, 5.41) is 13.5. The molecule has 1 amide bonds. The third-order valence-electron chi connectivity index (χ3n) is 4.85. The lowest BCUT2D eigenvalue weighted by atomic mass is 9.89. The number of nitrogens with zero attached hydrogens (tertiary/aromatic N) is 3. The van der Waals surface area contributed by atoms with E-state index in [0.717, 1.165) is 29.4 Å². The molecule has 8 heteroatoms. The summed E-state index contributed by atoms with van der Waals surface area (Å²) in [5.74, 6) is 1.67. The van der Waals surface area contributed by atoms with Gasteiger partial charge in [-0.3, -0.25) is 4.79 Å². The third kappa shape index (κ3) is 5.52. The molecule has 1 aromatic heterocycles. The van der Waals surface area contributed by atoms with E-state index in [0.29, 0.717) is 29.1 Å². The topological polar surface area (TPSA) is 59.8 Å². The van der Waals surface area contributed by atoms with Gasteiger partial charge in [-0.2, -0.15) is 0 Å². The number of hydrogen-bond donors (Lipinski definition) is 1. The SMILES string of the molecule is C=CCn1c(SCC(=O)NCc2ccc(Cl)cc2Cl)nnc1C1CCCCC1. The van der Waals surface area contributed by atoms with Gasteiger partial charge in [0.2, 0.25) is 5.91 Å². The minimum atomic E-state index is -0.0802. The lowest BCUT2D eigenvalue weighted by Crippen LogP contribution is -2.25. The van der Waals surface area contributed by atoms with E-state index in [2.05, 4.69) is 26.7 Å². The maximum Gasteiger partial charge on any atom is 0.230 e. The monoisotopic (exact) mass is 438 g/mol. The number of amides is 1. The summed E-state index contributed by atoms with van der Waals surface area (Å²) in [6, 6.07) is 5.24. The number of nitrogens with one attached hydrogen (secondary N) is 1. The lowest BCUT2D eigenvalue weighted by Gasteiger charge is -2.21. The smallest absolute Gasteiger partial charge is 0.230 e. The Kier molecular flexibility index (Phi) is 7.82. The van der Waals surface area contributed by atoms with Gasteiger partial charge in [0, 0.05) is 29.1 Å². The van der Waals surface area contributed by atoms with E-state index in [1.807, 2.05) is 12.1 Å². The molecule has 0 bridgehead atoms. The standard InChI is InChI=1S/C20H24Cl2N4OS/c1-2-10-26-19(14-6-4-3-5-7-14)24-25-20(26)28-13-18(27)23-12-15-8-9-16(21)11-17(15)22/h2,8-9,11,14H,1,3-7,10,12-13H2,(H,23,27). The highest BCUT2D eigenvalue weighted by Gasteiger charge is 2.23. The molecule has 28 heavy (non-hydrogen) atoms. The molecule has 0 atom stereocenters. The zero-order valence-corrected chi connectivity index (χ0v) is 18.0. The molecular formula is C20H24Cl2N4OS. The van der Waals surface area contributed by atoms with Crippen LogP contribution in [0.2, 0.25) is 10.0 Å². The van der Waals surface area contributed by atoms with E-state index in [-0.39, 0.29) is 11.7 Å². The van der Waals surface area contributed by atoms with Crippen molar-refractivity contribution in [3.05, 3.63) is 52.3 Å². The van der Waals surface area contributed by atoms with Crippen molar-refractivity contribution < 1.29 is 4.79 Å². The van der Waals surface area contributed by atoms with Crippen molar-refractivity contribution in [1.82, 2.24) is 20.1 Å². The Labute approximate surface area is 179 Å². The minimum Gasteiger partial charge on any atom is -0.351 e. The number of hydrogen-bond acceptors (Lipinski definition) is 4. The van der Waals surface area contributed by atoms with Crippen LogP contribution in [0.3, 0.4) is 0 Å². The van der Waals surface area contributed by atoms with E-state index in [9.17, 15) is 4.79 Å². The summed E-state index contributed by atoms with van der Waals surface area (Å²) < 4.78 is 2.09. The van der Waals surface area contributed by atoms with E-state index >= 15 is 0 Å². The fourth-order valence-electron chi connectivity index (χ4n) is 3.41. The van der Waals surface area contributed by atoms with Crippen LogP contribution in [0.25, 0.3) is 0 Å². The molecule has 150 valence electrons. The van der Waals surface area contributed by atoms with Crippen LogP contribution in [0.5, 0.6) is 0 Å². The molecular weight excluding hydrogens is 415 g/mol. The summed E-state index contributed by atoms with van der Waals surface area (Å²) in [4.78, 5) is 12.3. The highest BCUT2D eigenvalue weighted by atomic mass is 35.5. The first-order chi connectivity index (χ1) is 13.6. The van der Waals surface area contributed by atoms with E-state index < -0.39 is 0 Å². The molecule has 1 saturated carbocycles. The highest BCUT2D eigenvalue weighted by molar-refractivity contribution is 7.99. The van der Waals surface area contributed by atoms with Crippen LogP contribution in [0, 0.1) is 0 Å². The predicted molar refractivity (Wildman–Crippen MR) is 115 cm³/mol. The number of benzene rings is 1. The molecule has 0 radical (unpaired) electrons. The van der Waals surface area contributed by atoms with Gasteiger partial charge < -0.3 is 9.88 Å². The number of carbonyl (C=O) groups excluding carboxylic acids is 1. The quantitative estimate of drug-likeness (QED) is 0.452. The Bertz CT molecular complexity index is 834. The second kappa shape index (κ2) is 10.3. The molecule has 1 heterocycles. The van der Waals surface area contributed by atoms with Crippen molar-refractivity contribution in [3.8, 4) is 0 Å². The molecule has 0 aliphatic heterocycles. The maximum atomic E-state index is 12.3. The van der Waals surface area contributed by atoms with Crippen molar-refractivity contribution in [2.45, 2.75) is 56.3 Å². The number of rotatable bonds is 8. The summed E-state index contributed by atoms with van der Waals surface area (Å²) in [6.07, 6.45) is 7.94. The largest absolute Gasteiger partial charge is 0.351 e. The van der Waals surface area contributed by atoms with Crippen molar-refractivity contribution in [2.75, 3.05) is 5.75 Å². The maximum absolute atomic E-state index is 12.3. The average Bonchev–Trinajstić information content (AvgIpc) is 3.09. The molecule has 1 aliphatic carbocycles. The predicted octanol–water partition coefficient (Wildman–Crippen LogP) is 5.23. The van der Waals surface area contributed by atoms with Crippen LogP contribution in [0.4, 0.5) is 0 Å². The fraction of sp³-hybridized carbons (Fsp3) is 0.450. The first kappa shape index (κ1) is 21.2. The van der Waals surface area contributed by atoms with Crippen LogP contribution >= 0.6 is 35.0 Å². The molecule has 1 N–H and O–H groups in total. The number of halogens is 2. The summed E-state index contributed by atoms with van der Waals surface area (Å²) in [6.45, 7) is 4.87. The van der Waals surface area contributed by atoms with Gasteiger partial charge in [0.1, 0.15) is 5.82 Å². The second-order valence-corrected chi connectivity index (χ2v) is 8.66. The molecule has 3 rings (SSSR count). The Morgan fingerprint density at radius 3 is 2.79 bits per heavy atom. The lowest BCUT2D eigenvalue weighted by molar-refractivity contribution is -0.118. The molecule has 0 unspecified atom stereocenters. The molecule has 1 aromatic carbocycles. The number of aromatic nitrogens is 3. The second-order valence-electron chi connectivity index (χ2n) is 6.88. The zero-order valence-electron chi connectivity index (χ0n) is 15.7. The molecule has 0 spiro atoms. The van der Waals surface area contributed by atoms with E-state index in [1.165, 1.54) is 31.0 Å². The first-order valence-corrected chi connectivity index (χ1v) is 11.2. The zero-order chi connectivity index (χ0) is 19.9. The van der Waals surface area contributed by atoms with Gasteiger partial charge in [0.15, 0.2) is 5.16 Å². The van der Waals surface area contributed by atoms with E-state index in [4.69, 9.17) is 23.2 Å². The van der Waals surface area contributed by atoms with Gasteiger partial charge in [0.25, 0.3) is 0 Å². The van der Waals surface area contributed by atoms with Gasteiger partial charge in [-0.1, -0.05) is 66.4 Å². The van der Waals surface area contributed by atoms with Crippen LogP contribution in [-0.2, 0) is 17.9 Å². The summed E-state index contributed by atoms with van der Waals surface area (Å²) in [5.41, 5.74) is 0.832. The van der Waals surface area contributed by atoms with Gasteiger partial charge in [-0.25, -0.2) is 0 Å². The van der Waals surface area contributed by atoms with Crippen LogP contribution in [0.15, 0.2) is 36.0 Å². The van der Waals surface area contributed by atoms with Crippen molar-refractivity contribution in [2.24, 2.45) is 0 Å². The van der Waals surface area contributed by atoms with Gasteiger partial charge in [0.05, 0.1) is 5.75 Å². The molecule has 1 fully saturated rings. The Balaban J connectivity index is 1.58. The minimum absolute atomic E-state index is 0.0802.